The Morgan fingerprint density at radius 3 is 2.19 bits per heavy atom. The van der Waals surface area contributed by atoms with Crippen molar-refractivity contribution in [2.75, 3.05) is 41.3 Å². The van der Waals surface area contributed by atoms with Gasteiger partial charge in [0.15, 0.2) is 0 Å². The highest BCUT2D eigenvalue weighted by molar-refractivity contribution is 5.60. The van der Waals surface area contributed by atoms with Crippen LogP contribution in [-0.2, 0) is 0 Å². The van der Waals surface area contributed by atoms with Crippen LogP contribution in [0.15, 0.2) is 60.8 Å². The van der Waals surface area contributed by atoms with Crippen LogP contribution in [0.1, 0.15) is 5.82 Å². The van der Waals surface area contributed by atoms with E-state index in [1.807, 2.05) is 61.7 Å². The van der Waals surface area contributed by atoms with Crippen molar-refractivity contribution in [2.45, 2.75) is 6.92 Å². The number of hydrogen-bond acceptors (Lipinski definition) is 6. The molecule has 26 heavy (non-hydrogen) atoms. The molecule has 2 aromatic heterocycles. The minimum Gasteiger partial charge on any atom is -0.353 e. The Kier molecular flexibility index (Phi) is 4.64. The maximum absolute atomic E-state index is 4.64. The quantitative estimate of drug-likeness (QED) is 0.783. The molecule has 1 fully saturated rings. The minimum atomic E-state index is 0.771. The molecule has 0 amide bonds. The molecule has 0 bridgehead atoms. The molecule has 132 valence electrons. The first-order chi connectivity index (χ1) is 12.8. The number of piperazine rings is 1. The SMILES string of the molecule is Cc1nc(Nc2ccccc2)cc(N2CCN(c3ccccn3)CC2)n1. The second-order valence-electron chi connectivity index (χ2n) is 6.31. The average molecular weight is 346 g/mol. The van der Waals surface area contributed by atoms with Gasteiger partial charge in [-0.05, 0) is 31.2 Å². The summed E-state index contributed by atoms with van der Waals surface area (Å²) in [6.45, 7) is 5.63. The first-order valence-electron chi connectivity index (χ1n) is 8.87. The predicted octanol–water partition coefficient (Wildman–Crippen LogP) is 3.25. The Hall–Kier alpha value is -3.15. The fraction of sp³-hybridized carbons (Fsp3) is 0.250. The number of hydrogen-bond donors (Lipinski definition) is 1. The van der Waals surface area contributed by atoms with Gasteiger partial charge in [0.2, 0.25) is 0 Å². The van der Waals surface area contributed by atoms with Crippen molar-refractivity contribution in [1.82, 2.24) is 15.0 Å². The van der Waals surface area contributed by atoms with E-state index >= 15 is 0 Å². The number of aromatic nitrogens is 3. The van der Waals surface area contributed by atoms with E-state index in [9.17, 15) is 0 Å². The largest absolute Gasteiger partial charge is 0.353 e. The number of rotatable bonds is 4. The number of nitrogens with one attached hydrogen (secondary N) is 1. The van der Waals surface area contributed by atoms with E-state index in [-0.39, 0.29) is 0 Å². The molecule has 0 spiro atoms. The molecule has 1 aliphatic heterocycles. The first-order valence-corrected chi connectivity index (χ1v) is 8.87. The van der Waals surface area contributed by atoms with E-state index in [0.717, 1.165) is 55.1 Å². The Bertz CT molecular complexity index is 845. The van der Waals surface area contributed by atoms with Gasteiger partial charge in [0.05, 0.1) is 0 Å². The molecule has 3 aromatic rings. The summed E-state index contributed by atoms with van der Waals surface area (Å²) >= 11 is 0. The van der Waals surface area contributed by atoms with Crippen LogP contribution in [0.3, 0.4) is 0 Å². The summed E-state index contributed by atoms with van der Waals surface area (Å²) < 4.78 is 0. The summed E-state index contributed by atoms with van der Waals surface area (Å²) in [5.74, 6) is 3.60. The topological polar surface area (TPSA) is 57.2 Å². The fourth-order valence-corrected chi connectivity index (χ4v) is 3.15. The van der Waals surface area contributed by atoms with Gasteiger partial charge in [0.25, 0.3) is 0 Å². The van der Waals surface area contributed by atoms with Gasteiger partial charge < -0.3 is 15.1 Å². The van der Waals surface area contributed by atoms with Gasteiger partial charge in [-0.1, -0.05) is 24.3 Å². The monoisotopic (exact) mass is 346 g/mol. The highest BCUT2D eigenvalue weighted by Gasteiger charge is 2.19. The molecule has 1 N–H and O–H groups in total. The van der Waals surface area contributed by atoms with E-state index < -0.39 is 0 Å². The van der Waals surface area contributed by atoms with Crippen molar-refractivity contribution in [1.29, 1.82) is 0 Å². The van der Waals surface area contributed by atoms with Gasteiger partial charge in [-0.2, -0.15) is 0 Å². The lowest BCUT2D eigenvalue weighted by molar-refractivity contribution is 0.640. The lowest BCUT2D eigenvalue weighted by atomic mass is 10.3. The van der Waals surface area contributed by atoms with E-state index in [4.69, 9.17) is 0 Å². The maximum atomic E-state index is 4.64. The normalized spacial score (nSPS) is 14.3. The third kappa shape index (κ3) is 3.74. The number of pyridine rings is 1. The number of aryl methyl sites for hydroxylation is 1. The molecule has 1 saturated heterocycles. The molecule has 6 heteroatoms. The lowest BCUT2D eigenvalue weighted by Gasteiger charge is -2.36. The molecule has 0 aliphatic carbocycles. The van der Waals surface area contributed by atoms with E-state index in [1.165, 1.54) is 0 Å². The van der Waals surface area contributed by atoms with Crippen molar-refractivity contribution in [3.8, 4) is 0 Å². The average Bonchev–Trinajstić information content (AvgIpc) is 2.69. The molecule has 1 aliphatic rings. The molecule has 3 heterocycles. The Labute approximate surface area is 153 Å². The maximum Gasteiger partial charge on any atom is 0.136 e. The van der Waals surface area contributed by atoms with Crippen LogP contribution in [0.25, 0.3) is 0 Å². The van der Waals surface area contributed by atoms with Gasteiger partial charge in [0, 0.05) is 44.1 Å². The number of para-hydroxylation sites is 1. The second kappa shape index (κ2) is 7.39. The molecular formula is C20H22N6. The fourth-order valence-electron chi connectivity index (χ4n) is 3.15. The zero-order valence-electron chi connectivity index (χ0n) is 14.8. The van der Waals surface area contributed by atoms with Gasteiger partial charge in [-0.15, -0.1) is 0 Å². The zero-order chi connectivity index (χ0) is 17.8. The van der Waals surface area contributed by atoms with Gasteiger partial charge in [-0.3, -0.25) is 0 Å². The van der Waals surface area contributed by atoms with Crippen LogP contribution in [0.2, 0.25) is 0 Å². The first kappa shape index (κ1) is 16.3. The molecule has 0 radical (unpaired) electrons. The minimum absolute atomic E-state index is 0.771. The Morgan fingerprint density at radius 2 is 1.50 bits per heavy atom. The van der Waals surface area contributed by atoms with E-state index in [2.05, 4.69) is 36.1 Å². The third-order valence-corrected chi connectivity index (χ3v) is 4.45. The van der Waals surface area contributed by atoms with Crippen molar-refractivity contribution in [2.24, 2.45) is 0 Å². The van der Waals surface area contributed by atoms with Gasteiger partial charge >= 0.3 is 0 Å². The summed E-state index contributed by atoms with van der Waals surface area (Å²) in [5, 5.41) is 3.36. The van der Waals surface area contributed by atoms with Crippen LogP contribution in [0.4, 0.5) is 23.1 Å². The Morgan fingerprint density at radius 1 is 0.808 bits per heavy atom. The molecule has 6 nitrogen and oxygen atoms in total. The summed E-state index contributed by atoms with van der Waals surface area (Å²) in [5.41, 5.74) is 1.02. The van der Waals surface area contributed by atoms with E-state index in [1.54, 1.807) is 0 Å². The highest BCUT2D eigenvalue weighted by atomic mass is 15.3. The number of benzene rings is 1. The lowest BCUT2D eigenvalue weighted by Crippen LogP contribution is -2.47. The molecule has 0 atom stereocenters. The third-order valence-electron chi connectivity index (χ3n) is 4.45. The van der Waals surface area contributed by atoms with Crippen molar-refractivity contribution in [3.05, 3.63) is 66.6 Å². The Balaban J connectivity index is 1.46. The summed E-state index contributed by atoms with van der Waals surface area (Å²) in [6, 6.07) is 18.1. The standard InChI is InChI=1S/C20H22N6/c1-16-22-18(24-17-7-3-2-4-8-17)15-20(23-16)26-13-11-25(12-14-26)19-9-5-6-10-21-19/h2-10,15H,11-14H2,1H3,(H,22,23,24). The second-order valence-corrected chi connectivity index (χ2v) is 6.31. The summed E-state index contributed by atoms with van der Waals surface area (Å²) in [7, 11) is 0. The van der Waals surface area contributed by atoms with Crippen molar-refractivity contribution in [3.63, 3.8) is 0 Å². The predicted molar refractivity (Wildman–Crippen MR) is 105 cm³/mol. The van der Waals surface area contributed by atoms with Gasteiger partial charge in [-0.25, -0.2) is 15.0 Å². The van der Waals surface area contributed by atoms with Crippen LogP contribution < -0.4 is 15.1 Å². The molecular weight excluding hydrogens is 324 g/mol. The van der Waals surface area contributed by atoms with Crippen molar-refractivity contribution < 1.29 is 0 Å². The van der Waals surface area contributed by atoms with Crippen LogP contribution >= 0.6 is 0 Å². The van der Waals surface area contributed by atoms with E-state index in [0.29, 0.717) is 0 Å². The van der Waals surface area contributed by atoms with Gasteiger partial charge in [0.1, 0.15) is 23.3 Å². The highest BCUT2D eigenvalue weighted by Crippen LogP contribution is 2.22. The van der Waals surface area contributed by atoms with Crippen LogP contribution in [0, 0.1) is 6.92 Å². The zero-order valence-corrected chi connectivity index (χ0v) is 14.8. The number of anilines is 4. The van der Waals surface area contributed by atoms with Crippen LogP contribution in [-0.4, -0.2) is 41.1 Å². The van der Waals surface area contributed by atoms with Crippen LogP contribution in [0.5, 0.6) is 0 Å². The van der Waals surface area contributed by atoms with Crippen molar-refractivity contribution >= 4 is 23.1 Å². The molecule has 4 rings (SSSR count). The summed E-state index contributed by atoms with van der Waals surface area (Å²) in [6.07, 6.45) is 1.84. The summed E-state index contributed by atoms with van der Waals surface area (Å²) in [4.78, 5) is 18.2. The molecule has 1 aromatic carbocycles. The molecule has 0 saturated carbocycles. The molecule has 0 unspecified atom stereocenters. The number of nitrogens with zero attached hydrogens (tertiary/aromatic N) is 5. The smallest absolute Gasteiger partial charge is 0.136 e.